The van der Waals surface area contributed by atoms with Crippen LogP contribution in [0.25, 0.3) is 22.3 Å². The van der Waals surface area contributed by atoms with Crippen LogP contribution in [0.3, 0.4) is 0 Å². The van der Waals surface area contributed by atoms with E-state index in [0.717, 1.165) is 33.3 Å². The Hall–Kier alpha value is -2.62. The van der Waals surface area contributed by atoms with Crippen LogP contribution in [0, 0.1) is 10.2 Å². The maximum atomic E-state index is 8.49. The van der Waals surface area contributed by atoms with Crippen LogP contribution in [0.15, 0.2) is 77.2 Å². The van der Waals surface area contributed by atoms with Gasteiger partial charge >= 0.3 is 0 Å². The summed E-state index contributed by atoms with van der Waals surface area (Å²) in [7, 11) is -3.30. The highest BCUT2D eigenvalue weighted by atomic mass is 35.7. The second-order valence-electron chi connectivity index (χ2n) is 6.38. The van der Waals surface area contributed by atoms with Crippen molar-refractivity contribution < 1.29 is 43.0 Å². The van der Waals surface area contributed by atoms with E-state index in [9.17, 15) is 0 Å². The summed E-state index contributed by atoms with van der Waals surface area (Å²) in [5.41, 5.74) is 2.47. The van der Waals surface area contributed by atoms with Gasteiger partial charge in [0.05, 0.1) is 23.6 Å². The Balaban J connectivity index is 0.000000523. The van der Waals surface area contributed by atoms with Crippen LogP contribution in [-0.4, -0.2) is 7.11 Å². The van der Waals surface area contributed by atoms with Crippen molar-refractivity contribution in [2.24, 2.45) is 0 Å². The van der Waals surface area contributed by atoms with Crippen LogP contribution in [0.1, 0.15) is 0 Å². The maximum absolute atomic E-state index is 8.49. The zero-order valence-corrected chi connectivity index (χ0v) is 18.8. The third-order valence-electron chi connectivity index (χ3n) is 4.23. The fourth-order valence-corrected chi connectivity index (χ4v) is 3.23. The monoisotopic (exact) mass is 495 g/mol. The van der Waals surface area contributed by atoms with E-state index in [1.807, 2.05) is 72.8 Å². The van der Waals surface area contributed by atoms with Crippen LogP contribution < -0.4 is 33.7 Å². The minimum Gasteiger partial charge on any atom is -0.497 e. The van der Waals surface area contributed by atoms with E-state index in [1.165, 1.54) is 0 Å². The van der Waals surface area contributed by atoms with Crippen molar-refractivity contribution in [3.8, 4) is 17.1 Å². The number of nitrogens with one attached hydrogen (secondary N) is 1. The smallest absolute Gasteiger partial charge is 0.218 e. The highest BCUT2D eigenvalue weighted by molar-refractivity contribution is 6.33. The van der Waals surface area contributed by atoms with Gasteiger partial charge in [0.2, 0.25) is 11.0 Å². The van der Waals surface area contributed by atoms with Gasteiger partial charge in [-0.3, -0.25) is 0 Å². The summed E-state index contributed by atoms with van der Waals surface area (Å²) >= 11 is 12.4. The van der Waals surface area contributed by atoms with E-state index in [4.69, 9.17) is 51.0 Å². The number of hydrogen-bond donors (Lipinski definition) is 1. The Labute approximate surface area is 195 Å². The molecular weight excluding hydrogens is 481 g/mol. The van der Waals surface area contributed by atoms with Gasteiger partial charge in [-0.1, -0.05) is 35.3 Å². The number of hydrogen-bond acceptors (Lipinski definition) is 6. The van der Waals surface area contributed by atoms with Crippen molar-refractivity contribution in [1.29, 1.82) is 0 Å². The first kappa shape index (κ1) is 24.0. The van der Waals surface area contributed by atoms with Gasteiger partial charge in [0.15, 0.2) is 0 Å². The largest absolute Gasteiger partial charge is 0.497 e. The van der Waals surface area contributed by atoms with Crippen LogP contribution in [0.5, 0.6) is 5.75 Å². The maximum Gasteiger partial charge on any atom is 0.218 e. The van der Waals surface area contributed by atoms with Gasteiger partial charge in [-0.25, -0.2) is 23.6 Å². The Morgan fingerprint density at radius 3 is 2.16 bits per heavy atom. The van der Waals surface area contributed by atoms with Crippen LogP contribution in [-0.2, 0) is 0 Å². The van der Waals surface area contributed by atoms with Crippen LogP contribution >= 0.6 is 23.2 Å². The molecule has 0 radical (unpaired) electrons. The normalized spacial score (nSPS) is 11.8. The van der Waals surface area contributed by atoms with Crippen molar-refractivity contribution in [3.05, 3.63) is 88.2 Å². The van der Waals surface area contributed by atoms with E-state index < -0.39 is 10.2 Å². The number of rotatable bonds is 3. The average molecular weight is 497 g/mol. The second kappa shape index (κ2) is 10.3. The lowest BCUT2D eigenvalue weighted by Gasteiger charge is -2.17. The first-order chi connectivity index (χ1) is 15.1. The molecule has 4 aromatic rings. The fourth-order valence-electron chi connectivity index (χ4n) is 2.88. The summed E-state index contributed by atoms with van der Waals surface area (Å²) in [5, 5.41) is 3.10. The highest BCUT2D eigenvalue weighted by Crippen LogP contribution is 2.29. The molecule has 1 N–H and O–H groups in total. The molecule has 0 atom stereocenters. The predicted molar refractivity (Wildman–Crippen MR) is 108 cm³/mol. The number of methoxy groups -OCH3 is 1. The molecular formula is C22H16Cl3NO6. The van der Waals surface area contributed by atoms with E-state index in [0.29, 0.717) is 15.8 Å². The summed E-state index contributed by atoms with van der Waals surface area (Å²) < 4.78 is 45.5. The summed E-state index contributed by atoms with van der Waals surface area (Å²) in [6, 6.07) is 22.8. The molecule has 0 saturated heterocycles. The molecule has 0 amide bonds. The number of halogens is 3. The molecule has 3 aromatic carbocycles. The van der Waals surface area contributed by atoms with E-state index in [-0.39, 0.29) is 0 Å². The van der Waals surface area contributed by atoms with Gasteiger partial charge in [-0.15, -0.1) is 10.2 Å². The van der Waals surface area contributed by atoms with Gasteiger partial charge in [0, 0.05) is 22.7 Å². The van der Waals surface area contributed by atoms with Crippen molar-refractivity contribution in [3.63, 3.8) is 0 Å². The molecule has 1 heterocycles. The quantitative estimate of drug-likeness (QED) is 0.424. The molecule has 0 fully saturated rings. The Morgan fingerprint density at radius 2 is 1.53 bits per heavy atom. The predicted octanol–water partition coefficient (Wildman–Crippen LogP) is -0.0278. The molecule has 32 heavy (non-hydrogen) atoms. The van der Waals surface area contributed by atoms with Gasteiger partial charge in [0.25, 0.3) is 0 Å². The van der Waals surface area contributed by atoms with Crippen molar-refractivity contribution in [1.82, 2.24) is 0 Å². The summed E-state index contributed by atoms with van der Waals surface area (Å²) in [5.74, 6) is 1.43. The summed E-state index contributed by atoms with van der Waals surface area (Å²) in [6.45, 7) is 0. The number of benzene rings is 3. The molecule has 10 heteroatoms. The molecule has 0 bridgehead atoms. The molecule has 166 valence electrons. The lowest BCUT2D eigenvalue weighted by molar-refractivity contribution is -2.00. The molecule has 7 nitrogen and oxygen atoms in total. The first-order valence-corrected chi connectivity index (χ1v) is 11.0. The Bertz CT molecular complexity index is 1280. The van der Waals surface area contributed by atoms with Gasteiger partial charge in [-0.2, -0.15) is 0 Å². The minimum atomic E-state index is -4.94. The van der Waals surface area contributed by atoms with Crippen molar-refractivity contribution in [2.45, 2.75) is 0 Å². The molecule has 0 aliphatic rings. The Morgan fingerprint density at radius 1 is 0.875 bits per heavy atom. The van der Waals surface area contributed by atoms with Crippen molar-refractivity contribution >= 4 is 39.9 Å². The summed E-state index contributed by atoms with van der Waals surface area (Å²) in [4.78, 5) is 3.44. The van der Waals surface area contributed by atoms with Gasteiger partial charge < -0.3 is 9.15 Å². The molecule has 0 spiro atoms. The Kier molecular flexibility index (Phi) is 7.76. The molecule has 0 aliphatic carbocycles. The van der Waals surface area contributed by atoms with E-state index in [1.54, 1.807) is 7.11 Å². The van der Waals surface area contributed by atoms with Crippen molar-refractivity contribution in [2.75, 3.05) is 7.11 Å². The molecule has 0 saturated carbocycles. The third-order valence-corrected chi connectivity index (χ3v) is 4.82. The third kappa shape index (κ3) is 6.69. The van der Waals surface area contributed by atoms with E-state index in [2.05, 4.69) is 4.99 Å². The molecule has 0 aliphatic heterocycles. The standard InChI is InChI=1S/C22H15Cl2NO2.ClHO4/c1-26-16-10-11-21-18(12-16)20(25-15-8-6-14(23)7-9-15)13-22(27-21)17-4-2-3-5-19(17)24;2-1(3,4)5/h2-13H,1H3;(H,2,3,4,5). The lowest BCUT2D eigenvalue weighted by Crippen LogP contribution is -2.70. The molecule has 0 unspecified atom stereocenters. The first-order valence-electron chi connectivity index (χ1n) is 8.98. The second-order valence-corrected chi connectivity index (χ2v) is 7.98. The van der Waals surface area contributed by atoms with Gasteiger partial charge in [0.1, 0.15) is 17.1 Å². The number of ether oxygens (including phenoxy) is 1. The number of fused-ring (bicyclic) bond motifs is 1. The van der Waals surface area contributed by atoms with Crippen LogP contribution in [0.2, 0.25) is 10.0 Å². The van der Waals surface area contributed by atoms with Crippen LogP contribution in [0.4, 0.5) is 5.69 Å². The van der Waals surface area contributed by atoms with E-state index >= 15 is 0 Å². The molecule has 1 aromatic heterocycles. The SMILES string of the molecule is COc1ccc2oc(-c3ccccc3Cl)cc(=[NH+]c3ccc(Cl)cc3)c2c1.[O-][Cl+3]([O-])([O-])[O-]. The summed E-state index contributed by atoms with van der Waals surface area (Å²) in [6.07, 6.45) is 0. The molecule has 4 rings (SSSR count). The zero-order chi connectivity index (χ0) is 23.3. The average Bonchev–Trinajstić information content (AvgIpc) is 2.74. The topological polar surface area (TPSA) is 129 Å². The lowest BCUT2D eigenvalue weighted by atomic mass is 10.1. The van der Waals surface area contributed by atoms with Gasteiger partial charge in [-0.05, 0) is 42.5 Å². The fraction of sp³-hybridized carbons (Fsp3) is 0.0455. The zero-order valence-electron chi connectivity index (χ0n) is 16.5. The highest BCUT2D eigenvalue weighted by Gasteiger charge is 2.12. The minimum absolute atomic E-state index is 0.631.